The van der Waals surface area contributed by atoms with E-state index in [0.29, 0.717) is 5.41 Å². The minimum atomic E-state index is 0.435. The standard InChI is InChI=1S/C10H17BrO/c1-9(2)7-10(8-11)3-5-12-6-4-10/h1,3-8H2,2H3. The van der Waals surface area contributed by atoms with E-state index in [-0.39, 0.29) is 0 Å². The molecule has 1 nitrogen and oxygen atoms in total. The summed E-state index contributed by atoms with van der Waals surface area (Å²) in [5, 5.41) is 1.08. The molecule has 1 rings (SSSR count). The Morgan fingerprint density at radius 1 is 1.50 bits per heavy atom. The third-order valence-electron chi connectivity index (χ3n) is 2.51. The first-order chi connectivity index (χ1) is 5.68. The van der Waals surface area contributed by atoms with E-state index in [2.05, 4.69) is 29.4 Å². The molecule has 0 N–H and O–H groups in total. The molecular weight excluding hydrogens is 216 g/mol. The molecule has 1 aliphatic heterocycles. The first kappa shape index (κ1) is 10.3. The van der Waals surface area contributed by atoms with Crippen molar-refractivity contribution in [1.82, 2.24) is 0 Å². The highest BCUT2D eigenvalue weighted by molar-refractivity contribution is 9.09. The molecule has 0 radical (unpaired) electrons. The van der Waals surface area contributed by atoms with E-state index >= 15 is 0 Å². The lowest BCUT2D eigenvalue weighted by Gasteiger charge is -2.35. The topological polar surface area (TPSA) is 9.23 Å². The quantitative estimate of drug-likeness (QED) is 0.537. The largest absolute Gasteiger partial charge is 0.381 e. The zero-order chi connectivity index (χ0) is 9.03. The molecule has 1 saturated heterocycles. The maximum Gasteiger partial charge on any atom is 0.0471 e. The zero-order valence-corrected chi connectivity index (χ0v) is 9.32. The fourth-order valence-corrected chi connectivity index (χ4v) is 2.56. The minimum Gasteiger partial charge on any atom is -0.381 e. The summed E-state index contributed by atoms with van der Waals surface area (Å²) < 4.78 is 5.36. The average Bonchev–Trinajstić information content (AvgIpc) is 2.05. The Bertz CT molecular complexity index is 159. The van der Waals surface area contributed by atoms with E-state index in [9.17, 15) is 0 Å². The second kappa shape index (κ2) is 4.43. The summed E-state index contributed by atoms with van der Waals surface area (Å²) in [6, 6.07) is 0. The maximum absolute atomic E-state index is 5.36. The van der Waals surface area contributed by atoms with E-state index < -0.39 is 0 Å². The van der Waals surface area contributed by atoms with Crippen LogP contribution in [0, 0.1) is 5.41 Å². The van der Waals surface area contributed by atoms with Gasteiger partial charge in [0.15, 0.2) is 0 Å². The average molecular weight is 233 g/mol. The van der Waals surface area contributed by atoms with Crippen LogP contribution in [0.3, 0.4) is 0 Å². The van der Waals surface area contributed by atoms with Crippen molar-refractivity contribution < 1.29 is 4.74 Å². The predicted molar refractivity (Wildman–Crippen MR) is 55.7 cm³/mol. The molecule has 1 heterocycles. The fourth-order valence-electron chi connectivity index (χ4n) is 1.80. The van der Waals surface area contributed by atoms with Crippen molar-refractivity contribution in [2.75, 3.05) is 18.5 Å². The molecule has 0 aromatic heterocycles. The van der Waals surface area contributed by atoms with Gasteiger partial charge >= 0.3 is 0 Å². The van der Waals surface area contributed by atoms with Crippen LogP contribution in [-0.4, -0.2) is 18.5 Å². The molecule has 2 heteroatoms. The van der Waals surface area contributed by atoms with Gasteiger partial charge in [0.1, 0.15) is 0 Å². The molecule has 70 valence electrons. The smallest absolute Gasteiger partial charge is 0.0471 e. The van der Waals surface area contributed by atoms with Crippen LogP contribution in [-0.2, 0) is 4.74 Å². The van der Waals surface area contributed by atoms with Crippen molar-refractivity contribution in [3.05, 3.63) is 12.2 Å². The summed E-state index contributed by atoms with van der Waals surface area (Å²) in [5.74, 6) is 0. The maximum atomic E-state index is 5.36. The number of halogens is 1. The molecular formula is C10H17BrO. The van der Waals surface area contributed by atoms with Gasteiger partial charge in [0.05, 0.1) is 0 Å². The molecule has 0 bridgehead atoms. The van der Waals surface area contributed by atoms with Gasteiger partial charge in [-0.15, -0.1) is 6.58 Å². The van der Waals surface area contributed by atoms with Gasteiger partial charge < -0.3 is 4.74 Å². The van der Waals surface area contributed by atoms with Gasteiger partial charge in [0, 0.05) is 18.5 Å². The molecule has 0 aliphatic carbocycles. The molecule has 1 aliphatic rings. The Kier molecular flexibility index (Phi) is 3.78. The molecule has 0 amide bonds. The van der Waals surface area contributed by atoms with Crippen molar-refractivity contribution >= 4 is 15.9 Å². The molecule has 0 spiro atoms. The van der Waals surface area contributed by atoms with Crippen LogP contribution in [0.15, 0.2) is 12.2 Å². The van der Waals surface area contributed by atoms with E-state index in [1.165, 1.54) is 18.4 Å². The number of rotatable bonds is 3. The second-order valence-electron chi connectivity index (χ2n) is 3.88. The van der Waals surface area contributed by atoms with E-state index in [4.69, 9.17) is 4.74 Å². The van der Waals surface area contributed by atoms with Gasteiger partial charge in [-0.2, -0.15) is 0 Å². The van der Waals surface area contributed by atoms with Crippen LogP contribution in [0.5, 0.6) is 0 Å². The Morgan fingerprint density at radius 2 is 2.08 bits per heavy atom. The summed E-state index contributed by atoms with van der Waals surface area (Å²) in [6.07, 6.45) is 3.48. The van der Waals surface area contributed by atoms with Gasteiger partial charge in [-0.1, -0.05) is 21.5 Å². The number of ether oxygens (including phenoxy) is 1. The van der Waals surface area contributed by atoms with Gasteiger partial charge in [-0.3, -0.25) is 0 Å². The highest BCUT2D eigenvalue weighted by atomic mass is 79.9. The van der Waals surface area contributed by atoms with Gasteiger partial charge in [-0.25, -0.2) is 0 Å². The Hall–Kier alpha value is 0.180. The van der Waals surface area contributed by atoms with Crippen LogP contribution < -0.4 is 0 Å². The summed E-state index contributed by atoms with van der Waals surface area (Å²) in [5.41, 5.74) is 1.72. The van der Waals surface area contributed by atoms with Crippen molar-refractivity contribution in [3.8, 4) is 0 Å². The van der Waals surface area contributed by atoms with E-state index in [1.54, 1.807) is 0 Å². The number of hydrogen-bond acceptors (Lipinski definition) is 1. The van der Waals surface area contributed by atoms with E-state index in [1.807, 2.05) is 0 Å². The Labute approximate surface area is 83.3 Å². The summed E-state index contributed by atoms with van der Waals surface area (Å²) in [7, 11) is 0. The molecule has 0 atom stereocenters. The van der Waals surface area contributed by atoms with Crippen LogP contribution in [0.2, 0.25) is 0 Å². The van der Waals surface area contributed by atoms with Gasteiger partial charge in [0.2, 0.25) is 0 Å². The van der Waals surface area contributed by atoms with Crippen LogP contribution in [0.25, 0.3) is 0 Å². The summed E-state index contributed by atoms with van der Waals surface area (Å²) >= 11 is 3.60. The minimum absolute atomic E-state index is 0.435. The summed E-state index contributed by atoms with van der Waals surface area (Å²) in [6.45, 7) is 7.92. The van der Waals surface area contributed by atoms with Crippen LogP contribution >= 0.6 is 15.9 Å². The highest BCUT2D eigenvalue weighted by Crippen LogP contribution is 2.37. The molecule has 0 aromatic rings. The predicted octanol–water partition coefficient (Wildman–Crippen LogP) is 3.14. The third-order valence-corrected chi connectivity index (χ3v) is 3.70. The zero-order valence-electron chi connectivity index (χ0n) is 7.74. The lowest BCUT2D eigenvalue weighted by atomic mass is 9.77. The summed E-state index contributed by atoms with van der Waals surface area (Å²) in [4.78, 5) is 0. The Balaban J connectivity index is 2.53. The van der Waals surface area contributed by atoms with E-state index in [0.717, 1.165) is 25.0 Å². The number of hydrogen-bond donors (Lipinski definition) is 0. The van der Waals surface area contributed by atoms with Crippen molar-refractivity contribution in [3.63, 3.8) is 0 Å². The van der Waals surface area contributed by atoms with Crippen molar-refractivity contribution in [2.45, 2.75) is 26.2 Å². The lowest BCUT2D eigenvalue weighted by molar-refractivity contribution is 0.0270. The van der Waals surface area contributed by atoms with Gasteiger partial charge in [-0.05, 0) is 31.6 Å². The fraction of sp³-hybridized carbons (Fsp3) is 0.800. The lowest BCUT2D eigenvalue weighted by Crippen LogP contribution is -2.31. The molecule has 0 aromatic carbocycles. The normalized spacial score (nSPS) is 22.2. The molecule has 1 fully saturated rings. The van der Waals surface area contributed by atoms with Crippen molar-refractivity contribution in [2.24, 2.45) is 5.41 Å². The Morgan fingerprint density at radius 3 is 2.50 bits per heavy atom. The first-order valence-electron chi connectivity index (χ1n) is 4.47. The van der Waals surface area contributed by atoms with Crippen molar-refractivity contribution in [1.29, 1.82) is 0 Å². The SMILES string of the molecule is C=C(C)CC1(CBr)CCOCC1. The highest BCUT2D eigenvalue weighted by Gasteiger charge is 2.31. The monoisotopic (exact) mass is 232 g/mol. The number of allylic oxidation sites excluding steroid dienone is 1. The number of alkyl halides is 1. The molecule has 0 unspecified atom stereocenters. The van der Waals surface area contributed by atoms with Gasteiger partial charge in [0.25, 0.3) is 0 Å². The molecule has 12 heavy (non-hydrogen) atoms. The third kappa shape index (κ3) is 2.60. The second-order valence-corrected chi connectivity index (χ2v) is 4.44. The first-order valence-corrected chi connectivity index (χ1v) is 5.59. The molecule has 0 saturated carbocycles. The van der Waals surface area contributed by atoms with Crippen LogP contribution in [0.4, 0.5) is 0 Å². The van der Waals surface area contributed by atoms with Crippen LogP contribution in [0.1, 0.15) is 26.2 Å².